The van der Waals surface area contributed by atoms with E-state index in [0.29, 0.717) is 37.6 Å². The molecule has 0 atom stereocenters. The number of rotatable bonds is 10. The summed E-state index contributed by atoms with van der Waals surface area (Å²) in [4.78, 5) is 17.3. The molecule has 0 aliphatic heterocycles. The molecule has 176 valence electrons. The fourth-order valence-corrected chi connectivity index (χ4v) is 4.03. The number of hydrogen-bond donors (Lipinski definition) is 1. The van der Waals surface area contributed by atoms with Crippen LogP contribution in [0, 0.1) is 0 Å². The van der Waals surface area contributed by atoms with Crippen molar-refractivity contribution in [3.05, 3.63) is 89.7 Å². The molecule has 1 N–H and O–H groups in total. The summed E-state index contributed by atoms with van der Waals surface area (Å²) in [5, 5.41) is 2.99. The minimum atomic E-state index is -0.112. The Morgan fingerprint density at radius 2 is 1.74 bits per heavy atom. The number of methoxy groups -OCH3 is 1. The molecular formula is C28H31N3O3. The Bertz CT molecular complexity index is 1250. The molecule has 0 saturated carbocycles. The van der Waals surface area contributed by atoms with Gasteiger partial charge in [-0.3, -0.25) is 4.79 Å². The second-order valence-electron chi connectivity index (χ2n) is 8.44. The Balaban J connectivity index is 1.42. The van der Waals surface area contributed by atoms with Crippen LogP contribution in [0.4, 0.5) is 0 Å². The molecule has 34 heavy (non-hydrogen) atoms. The molecule has 6 nitrogen and oxygen atoms in total. The molecule has 0 aliphatic carbocycles. The quantitative estimate of drug-likeness (QED) is 0.355. The number of benzene rings is 3. The van der Waals surface area contributed by atoms with Gasteiger partial charge in [0.1, 0.15) is 23.9 Å². The van der Waals surface area contributed by atoms with E-state index in [4.69, 9.17) is 14.5 Å². The van der Waals surface area contributed by atoms with Crippen LogP contribution in [0.25, 0.3) is 11.0 Å². The first-order valence-electron chi connectivity index (χ1n) is 11.6. The van der Waals surface area contributed by atoms with Crippen molar-refractivity contribution in [2.24, 2.45) is 0 Å². The molecule has 0 unspecified atom stereocenters. The molecule has 0 aliphatic rings. The molecule has 4 aromatic rings. The standard InChI is InChI=1S/C28H31N3O3/c1-20(2)23-8-4-7-11-26(23)34-19-18-31-25-10-6-5-9-24(25)30-27(31)16-17-29-28(32)21-12-14-22(33-3)15-13-21/h4-15,20H,16-19H2,1-3H3,(H,29,32). The second-order valence-corrected chi connectivity index (χ2v) is 8.44. The van der Waals surface area contributed by atoms with Crippen LogP contribution in [0.15, 0.2) is 72.8 Å². The van der Waals surface area contributed by atoms with E-state index in [1.54, 1.807) is 31.4 Å². The highest BCUT2D eigenvalue weighted by molar-refractivity contribution is 5.94. The average Bonchev–Trinajstić information content (AvgIpc) is 3.21. The number of fused-ring (bicyclic) bond motifs is 1. The van der Waals surface area contributed by atoms with Gasteiger partial charge in [0.25, 0.3) is 5.91 Å². The van der Waals surface area contributed by atoms with Crippen molar-refractivity contribution in [2.45, 2.75) is 32.7 Å². The number of carbonyl (C=O) groups excluding carboxylic acids is 1. The van der Waals surface area contributed by atoms with E-state index < -0.39 is 0 Å². The molecule has 6 heteroatoms. The van der Waals surface area contributed by atoms with Crippen molar-refractivity contribution in [3.8, 4) is 11.5 Å². The van der Waals surface area contributed by atoms with Crippen LogP contribution in [0.1, 0.15) is 41.5 Å². The molecule has 0 spiro atoms. The Labute approximate surface area is 200 Å². The number of aromatic nitrogens is 2. The Morgan fingerprint density at radius 1 is 1.00 bits per heavy atom. The second kappa shape index (κ2) is 10.9. The fraction of sp³-hybridized carbons (Fsp3) is 0.286. The summed E-state index contributed by atoms with van der Waals surface area (Å²) in [6.07, 6.45) is 0.624. The fourth-order valence-electron chi connectivity index (χ4n) is 4.03. The molecule has 1 heterocycles. The largest absolute Gasteiger partial charge is 0.497 e. The third kappa shape index (κ3) is 5.39. The molecule has 0 radical (unpaired) electrons. The van der Waals surface area contributed by atoms with Gasteiger partial charge in [0.05, 0.1) is 24.7 Å². The lowest BCUT2D eigenvalue weighted by Gasteiger charge is -2.15. The lowest BCUT2D eigenvalue weighted by Crippen LogP contribution is -2.26. The predicted octanol–water partition coefficient (Wildman–Crippen LogP) is 5.22. The lowest BCUT2D eigenvalue weighted by atomic mass is 10.0. The van der Waals surface area contributed by atoms with Gasteiger partial charge in [-0.05, 0) is 53.9 Å². The van der Waals surface area contributed by atoms with Crippen molar-refractivity contribution >= 4 is 16.9 Å². The molecule has 4 rings (SSSR count). The number of nitrogens with one attached hydrogen (secondary N) is 1. The van der Waals surface area contributed by atoms with E-state index in [1.807, 2.05) is 36.4 Å². The van der Waals surface area contributed by atoms with Crippen LogP contribution < -0.4 is 14.8 Å². The minimum absolute atomic E-state index is 0.112. The first-order valence-corrected chi connectivity index (χ1v) is 11.6. The molecule has 0 fully saturated rings. The zero-order valence-electron chi connectivity index (χ0n) is 20.0. The Morgan fingerprint density at radius 3 is 2.50 bits per heavy atom. The molecule has 0 bridgehead atoms. The minimum Gasteiger partial charge on any atom is -0.497 e. The SMILES string of the molecule is COc1ccc(C(=O)NCCc2nc3ccccc3n2CCOc2ccccc2C(C)C)cc1. The van der Waals surface area contributed by atoms with E-state index in [-0.39, 0.29) is 5.91 Å². The van der Waals surface area contributed by atoms with Gasteiger partial charge in [-0.15, -0.1) is 0 Å². The van der Waals surface area contributed by atoms with E-state index in [2.05, 4.69) is 35.9 Å². The van der Waals surface area contributed by atoms with Gasteiger partial charge >= 0.3 is 0 Å². The summed E-state index contributed by atoms with van der Waals surface area (Å²) in [6.45, 7) is 6.04. The summed E-state index contributed by atoms with van der Waals surface area (Å²) in [5.41, 5.74) is 3.83. The highest BCUT2D eigenvalue weighted by atomic mass is 16.5. The lowest BCUT2D eigenvalue weighted by molar-refractivity contribution is 0.0954. The van der Waals surface area contributed by atoms with Crippen LogP contribution in [-0.2, 0) is 13.0 Å². The smallest absolute Gasteiger partial charge is 0.251 e. The van der Waals surface area contributed by atoms with E-state index >= 15 is 0 Å². The highest BCUT2D eigenvalue weighted by Gasteiger charge is 2.13. The Hall–Kier alpha value is -3.80. The normalized spacial score (nSPS) is 11.1. The van der Waals surface area contributed by atoms with Gasteiger partial charge in [-0.1, -0.05) is 44.2 Å². The number of ether oxygens (including phenoxy) is 2. The molecular weight excluding hydrogens is 426 g/mol. The third-order valence-electron chi connectivity index (χ3n) is 5.83. The maximum Gasteiger partial charge on any atom is 0.251 e. The van der Waals surface area contributed by atoms with Crippen molar-refractivity contribution in [3.63, 3.8) is 0 Å². The molecule has 1 aromatic heterocycles. The van der Waals surface area contributed by atoms with E-state index in [1.165, 1.54) is 5.56 Å². The van der Waals surface area contributed by atoms with Gasteiger partial charge in [-0.25, -0.2) is 4.98 Å². The van der Waals surface area contributed by atoms with Crippen molar-refractivity contribution in [1.29, 1.82) is 0 Å². The first-order chi connectivity index (χ1) is 16.6. The summed E-state index contributed by atoms with van der Waals surface area (Å²) in [7, 11) is 1.61. The van der Waals surface area contributed by atoms with E-state index in [9.17, 15) is 4.79 Å². The van der Waals surface area contributed by atoms with Crippen LogP contribution in [0.2, 0.25) is 0 Å². The predicted molar refractivity (Wildman–Crippen MR) is 135 cm³/mol. The highest BCUT2D eigenvalue weighted by Crippen LogP contribution is 2.26. The maximum absolute atomic E-state index is 12.5. The van der Waals surface area contributed by atoms with Crippen LogP contribution in [0.5, 0.6) is 11.5 Å². The van der Waals surface area contributed by atoms with Crippen LogP contribution in [-0.4, -0.2) is 35.7 Å². The number of amides is 1. The van der Waals surface area contributed by atoms with Gasteiger partial charge < -0.3 is 19.4 Å². The zero-order chi connectivity index (χ0) is 23.9. The summed E-state index contributed by atoms with van der Waals surface area (Å²) < 4.78 is 13.5. The van der Waals surface area contributed by atoms with Gasteiger partial charge in [0, 0.05) is 18.5 Å². The van der Waals surface area contributed by atoms with Gasteiger partial charge in [0.15, 0.2) is 0 Å². The van der Waals surface area contributed by atoms with E-state index in [0.717, 1.165) is 28.4 Å². The first kappa shape index (κ1) is 23.4. The zero-order valence-corrected chi connectivity index (χ0v) is 20.0. The van der Waals surface area contributed by atoms with Crippen molar-refractivity contribution < 1.29 is 14.3 Å². The number of imidazole rings is 1. The number of carbonyl (C=O) groups is 1. The molecule has 1 amide bonds. The average molecular weight is 458 g/mol. The topological polar surface area (TPSA) is 65.4 Å². The van der Waals surface area contributed by atoms with Gasteiger partial charge in [-0.2, -0.15) is 0 Å². The third-order valence-corrected chi connectivity index (χ3v) is 5.83. The number of para-hydroxylation sites is 3. The number of nitrogens with zero attached hydrogens (tertiary/aromatic N) is 2. The van der Waals surface area contributed by atoms with Crippen molar-refractivity contribution in [1.82, 2.24) is 14.9 Å². The van der Waals surface area contributed by atoms with Crippen LogP contribution >= 0.6 is 0 Å². The molecule has 0 saturated heterocycles. The van der Waals surface area contributed by atoms with Crippen molar-refractivity contribution in [2.75, 3.05) is 20.3 Å². The maximum atomic E-state index is 12.5. The monoisotopic (exact) mass is 457 g/mol. The Kier molecular flexibility index (Phi) is 7.48. The summed E-state index contributed by atoms with van der Waals surface area (Å²) in [5.74, 6) is 2.87. The number of hydrogen-bond acceptors (Lipinski definition) is 4. The molecule has 3 aromatic carbocycles. The summed E-state index contributed by atoms with van der Waals surface area (Å²) in [6, 6.07) is 23.4. The van der Waals surface area contributed by atoms with Gasteiger partial charge in [0.2, 0.25) is 0 Å². The summed E-state index contributed by atoms with van der Waals surface area (Å²) >= 11 is 0. The van der Waals surface area contributed by atoms with Crippen LogP contribution in [0.3, 0.4) is 0 Å².